The maximum atomic E-state index is 13.1. The Labute approximate surface area is 141 Å². The van der Waals surface area contributed by atoms with E-state index in [4.69, 9.17) is 21.1 Å². The Kier molecular flexibility index (Phi) is 7.12. The van der Waals surface area contributed by atoms with Gasteiger partial charge in [-0.1, -0.05) is 11.6 Å². The summed E-state index contributed by atoms with van der Waals surface area (Å²) < 4.78 is 23.6. The largest absolute Gasteiger partial charge is 0.484 e. The van der Waals surface area contributed by atoms with E-state index >= 15 is 0 Å². The van der Waals surface area contributed by atoms with Crippen LogP contribution >= 0.6 is 11.6 Å². The maximum Gasteiger partial charge on any atom is 0.260 e. The number of amides is 1. The van der Waals surface area contributed by atoms with E-state index in [1.165, 1.54) is 18.2 Å². The third-order valence-corrected chi connectivity index (χ3v) is 4.38. The minimum atomic E-state index is -0.500. The molecule has 0 saturated carbocycles. The molecule has 1 atom stereocenters. The molecule has 0 aromatic heterocycles. The molecule has 1 unspecified atom stereocenters. The highest BCUT2D eigenvalue weighted by Crippen LogP contribution is 2.23. The Morgan fingerprint density at radius 1 is 1.48 bits per heavy atom. The monoisotopic (exact) mass is 343 g/mol. The van der Waals surface area contributed by atoms with Gasteiger partial charge in [-0.15, -0.1) is 0 Å². The van der Waals surface area contributed by atoms with Crippen molar-refractivity contribution in [1.29, 1.82) is 0 Å². The predicted octanol–water partition coefficient (Wildman–Crippen LogP) is 3.52. The molecule has 0 N–H and O–H groups in total. The van der Waals surface area contributed by atoms with Gasteiger partial charge in [-0.25, -0.2) is 4.39 Å². The van der Waals surface area contributed by atoms with Crippen LogP contribution in [0.2, 0.25) is 5.02 Å². The van der Waals surface area contributed by atoms with Crippen LogP contribution < -0.4 is 4.74 Å². The molecule has 0 radical (unpaired) electrons. The summed E-state index contributed by atoms with van der Waals surface area (Å²) in [6.45, 7) is 2.26. The normalized spacial score (nSPS) is 18.0. The summed E-state index contributed by atoms with van der Waals surface area (Å²) in [7, 11) is 1.70. The number of ether oxygens (including phenoxy) is 2. The molecule has 1 saturated heterocycles. The van der Waals surface area contributed by atoms with E-state index in [9.17, 15) is 9.18 Å². The van der Waals surface area contributed by atoms with E-state index in [2.05, 4.69) is 0 Å². The van der Waals surface area contributed by atoms with E-state index in [1.54, 1.807) is 7.11 Å². The van der Waals surface area contributed by atoms with Crippen molar-refractivity contribution in [2.75, 3.05) is 33.4 Å². The predicted molar refractivity (Wildman–Crippen MR) is 87.3 cm³/mol. The standard InChI is InChI=1S/C17H23ClFNO3/c1-22-9-3-5-13-4-2-8-20(11-13)17(21)12-23-14-6-7-16(19)15(18)10-14/h6-7,10,13H,2-5,8-9,11-12H2,1H3. The number of likely N-dealkylation sites (tertiary alicyclic amines) is 1. The van der Waals surface area contributed by atoms with Crippen LogP contribution in [0.3, 0.4) is 0 Å². The summed E-state index contributed by atoms with van der Waals surface area (Å²) in [6, 6.07) is 4.08. The average molecular weight is 344 g/mol. The Hall–Kier alpha value is -1.33. The van der Waals surface area contributed by atoms with Crippen molar-refractivity contribution >= 4 is 17.5 Å². The van der Waals surface area contributed by atoms with Gasteiger partial charge in [0.15, 0.2) is 6.61 Å². The van der Waals surface area contributed by atoms with Crippen molar-refractivity contribution < 1.29 is 18.7 Å². The van der Waals surface area contributed by atoms with Crippen molar-refractivity contribution in [2.45, 2.75) is 25.7 Å². The molecule has 1 aromatic rings. The summed E-state index contributed by atoms with van der Waals surface area (Å²) >= 11 is 5.70. The quantitative estimate of drug-likeness (QED) is 0.711. The van der Waals surface area contributed by atoms with Gasteiger partial charge in [0.1, 0.15) is 11.6 Å². The lowest BCUT2D eigenvalue weighted by Gasteiger charge is -2.32. The van der Waals surface area contributed by atoms with Gasteiger partial charge in [-0.3, -0.25) is 4.79 Å². The molecule has 0 aliphatic carbocycles. The first kappa shape index (κ1) is 18.0. The Morgan fingerprint density at radius 3 is 3.04 bits per heavy atom. The molecule has 6 heteroatoms. The van der Waals surface area contributed by atoms with Crippen molar-refractivity contribution in [3.8, 4) is 5.75 Å². The third kappa shape index (κ3) is 5.66. The molecule has 128 valence electrons. The van der Waals surface area contributed by atoms with E-state index in [0.717, 1.165) is 45.4 Å². The zero-order valence-corrected chi connectivity index (χ0v) is 14.2. The van der Waals surface area contributed by atoms with Gasteiger partial charge in [-0.05, 0) is 43.7 Å². The number of benzene rings is 1. The summed E-state index contributed by atoms with van der Waals surface area (Å²) in [5.41, 5.74) is 0. The lowest BCUT2D eigenvalue weighted by atomic mass is 9.93. The first-order valence-electron chi connectivity index (χ1n) is 7.94. The van der Waals surface area contributed by atoms with E-state index < -0.39 is 5.82 Å². The van der Waals surface area contributed by atoms with Crippen LogP contribution in [-0.4, -0.2) is 44.2 Å². The fourth-order valence-electron chi connectivity index (χ4n) is 2.85. The molecule has 4 nitrogen and oxygen atoms in total. The molecule has 1 amide bonds. The number of hydrogen-bond donors (Lipinski definition) is 0. The Morgan fingerprint density at radius 2 is 2.30 bits per heavy atom. The fraction of sp³-hybridized carbons (Fsp3) is 0.588. The Bertz CT molecular complexity index is 527. The van der Waals surface area contributed by atoms with Gasteiger partial charge in [0.2, 0.25) is 0 Å². The number of methoxy groups -OCH3 is 1. The van der Waals surface area contributed by atoms with Crippen molar-refractivity contribution in [3.05, 3.63) is 29.0 Å². The molecule has 1 aromatic carbocycles. The summed E-state index contributed by atoms with van der Waals surface area (Å²) in [5, 5.41) is -0.00821. The van der Waals surface area contributed by atoms with Gasteiger partial charge in [0, 0.05) is 32.9 Å². The molecule has 0 spiro atoms. The van der Waals surface area contributed by atoms with Gasteiger partial charge in [-0.2, -0.15) is 0 Å². The van der Waals surface area contributed by atoms with Crippen molar-refractivity contribution in [2.24, 2.45) is 5.92 Å². The molecule has 0 bridgehead atoms. The highest BCUT2D eigenvalue weighted by Gasteiger charge is 2.23. The molecular weight excluding hydrogens is 321 g/mol. The molecule has 1 heterocycles. The molecule has 1 fully saturated rings. The van der Waals surface area contributed by atoms with Crippen LogP contribution in [0.4, 0.5) is 4.39 Å². The maximum absolute atomic E-state index is 13.1. The lowest BCUT2D eigenvalue weighted by molar-refractivity contribution is -0.135. The summed E-state index contributed by atoms with van der Waals surface area (Å²) in [4.78, 5) is 14.1. The van der Waals surface area contributed by atoms with Crippen LogP contribution in [0.1, 0.15) is 25.7 Å². The van der Waals surface area contributed by atoms with Crippen LogP contribution in [-0.2, 0) is 9.53 Å². The third-order valence-electron chi connectivity index (χ3n) is 4.09. The van der Waals surface area contributed by atoms with Crippen molar-refractivity contribution in [3.63, 3.8) is 0 Å². The van der Waals surface area contributed by atoms with Gasteiger partial charge in [0.25, 0.3) is 5.91 Å². The minimum Gasteiger partial charge on any atom is -0.484 e. The number of carbonyl (C=O) groups is 1. The SMILES string of the molecule is COCCCC1CCCN(C(=O)COc2ccc(F)c(Cl)c2)C1. The smallest absolute Gasteiger partial charge is 0.260 e. The number of hydrogen-bond acceptors (Lipinski definition) is 3. The number of carbonyl (C=O) groups excluding carboxylic acids is 1. The first-order chi connectivity index (χ1) is 11.1. The first-order valence-corrected chi connectivity index (χ1v) is 8.32. The molecule has 2 rings (SSSR count). The number of nitrogens with zero attached hydrogens (tertiary/aromatic N) is 1. The highest BCUT2D eigenvalue weighted by molar-refractivity contribution is 6.30. The van der Waals surface area contributed by atoms with Gasteiger partial charge < -0.3 is 14.4 Å². The number of halogens is 2. The van der Waals surface area contributed by atoms with E-state index in [-0.39, 0.29) is 17.5 Å². The fourth-order valence-corrected chi connectivity index (χ4v) is 3.02. The van der Waals surface area contributed by atoms with E-state index in [1.807, 2.05) is 4.90 Å². The van der Waals surface area contributed by atoms with Crippen LogP contribution in [0, 0.1) is 11.7 Å². The molecule has 1 aliphatic heterocycles. The topological polar surface area (TPSA) is 38.8 Å². The highest BCUT2D eigenvalue weighted by atomic mass is 35.5. The minimum absolute atomic E-state index is 0.00821. The van der Waals surface area contributed by atoms with Gasteiger partial charge in [0.05, 0.1) is 5.02 Å². The molecular formula is C17H23ClFNO3. The number of piperidine rings is 1. The van der Waals surface area contributed by atoms with Crippen LogP contribution in [0.5, 0.6) is 5.75 Å². The second kappa shape index (κ2) is 9.08. The number of rotatable bonds is 7. The Balaban J connectivity index is 1.79. The molecule has 1 aliphatic rings. The summed E-state index contributed by atoms with van der Waals surface area (Å²) in [5.74, 6) is 0.392. The van der Waals surface area contributed by atoms with E-state index in [0.29, 0.717) is 11.7 Å². The van der Waals surface area contributed by atoms with Gasteiger partial charge >= 0.3 is 0 Å². The second-order valence-electron chi connectivity index (χ2n) is 5.85. The average Bonchev–Trinajstić information content (AvgIpc) is 2.56. The zero-order valence-electron chi connectivity index (χ0n) is 13.4. The van der Waals surface area contributed by atoms with Crippen LogP contribution in [0.25, 0.3) is 0 Å². The van der Waals surface area contributed by atoms with Crippen molar-refractivity contribution in [1.82, 2.24) is 4.90 Å². The summed E-state index contributed by atoms with van der Waals surface area (Å²) in [6.07, 6.45) is 4.27. The zero-order chi connectivity index (χ0) is 16.7. The second-order valence-corrected chi connectivity index (χ2v) is 6.25. The molecule has 23 heavy (non-hydrogen) atoms. The lowest BCUT2D eigenvalue weighted by Crippen LogP contribution is -2.42. The van der Waals surface area contributed by atoms with Crippen LogP contribution in [0.15, 0.2) is 18.2 Å².